The molecule has 2 aromatic rings. The van der Waals surface area contributed by atoms with E-state index in [1.165, 1.54) is 18.3 Å². The Morgan fingerprint density at radius 1 is 1.42 bits per heavy atom. The molecule has 96 valence electrons. The zero-order chi connectivity index (χ0) is 14.0. The van der Waals surface area contributed by atoms with Crippen LogP contribution in [-0.2, 0) is 6.54 Å². The molecule has 2 rings (SSSR count). The summed E-state index contributed by atoms with van der Waals surface area (Å²) in [7, 11) is 0. The van der Waals surface area contributed by atoms with E-state index < -0.39 is 11.8 Å². The molecule has 0 unspecified atom stereocenters. The molecule has 0 atom stereocenters. The maximum absolute atomic E-state index is 13.3. The molecule has 0 radical (unpaired) electrons. The topological polar surface area (TPSA) is 66.0 Å². The van der Waals surface area contributed by atoms with Crippen LogP contribution in [0.25, 0.3) is 0 Å². The van der Waals surface area contributed by atoms with Gasteiger partial charge in [0.05, 0.1) is 21.8 Å². The lowest BCUT2D eigenvalue weighted by Crippen LogP contribution is -2.00. The van der Waals surface area contributed by atoms with E-state index in [-0.39, 0.29) is 17.7 Å². The zero-order valence-corrected chi connectivity index (χ0v) is 11.2. The Bertz CT molecular complexity index is 688. The minimum absolute atomic E-state index is 0.142. The Labute approximate surface area is 116 Å². The third-order valence-electron chi connectivity index (χ3n) is 2.53. The van der Waals surface area contributed by atoms with Crippen LogP contribution in [0, 0.1) is 17.1 Å². The predicted molar refractivity (Wildman–Crippen MR) is 69.3 cm³/mol. The lowest BCUT2D eigenvalue weighted by Gasteiger charge is -2.06. The summed E-state index contributed by atoms with van der Waals surface area (Å²) in [6.45, 7) is 0.278. The molecule has 0 spiro atoms. The molecular formula is C13H8BrFN2O2. The van der Waals surface area contributed by atoms with E-state index >= 15 is 0 Å². The van der Waals surface area contributed by atoms with Crippen LogP contribution in [0.5, 0.6) is 0 Å². The van der Waals surface area contributed by atoms with Crippen molar-refractivity contribution in [2.24, 2.45) is 0 Å². The van der Waals surface area contributed by atoms with Gasteiger partial charge in [-0.3, -0.25) is 0 Å². The molecule has 19 heavy (non-hydrogen) atoms. The summed E-state index contributed by atoms with van der Waals surface area (Å²) in [6, 6.07) is 7.37. The smallest absolute Gasteiger partial charge is 0.337 e. The van der Waals surface area contributed by atoms with E-state index in [0.29, 0.717) is 10.2 Å². The Morgan fingerprint density at radius 2 is 2.16 bits per heavy atom. The normalized spacial score (nSPS) is 10.2. The molecule has 0 saturated heterocycles. The van der Waals surface area contributed by atoms with E-state index in [4.69, 9.17) is 10.4 Å². The van der Waals surface area contributed by atoms with Crippen molar-refractivity contribution in [3.8, 4) is 6.07 Å². The van der Waals surface area contributed by atoms with Crippen molar-refractivity contribution in [1.29, 1.82) is 5.26 Å². The number of nitrogens with zero attached hydrogens (tertiary/aromatic N) is 2. The Kier molecular flexibility index (Phi) is 3.67. The number of hydrogen-bond donors (Lipinski definition) is 1. The van der Waals surface area contributed by atoms with Crippen molar-refractivity contribution < 1.29 is 14.3 Å². The van der Waals surface area contributed by atoms with Gasteiger partial charge in [0.15, 0.2) is 0 Å². The van der Waals surface area contributed by atoms with Crippen LogP contribution in [0.15, 0.2) is 35.1 Å². The van der Waals surface area contributed by atoms with Crippen LogP contribution in [0.1, 0.15) is 21.5 Å². The highest BCUT2D eigenvalue weighted by Crippen LogP contribution is 2.18. The SMILES string of the molecule is N#Cc1cc(F)cc(Cn2cc(C(=O)O)cc2Br)c1. The van der Waals surface area contributed by atoms with Gasteiger partial charge in [0, 0.05) is 12.7 Å². The predicted octanol–water partition coefficient (Wildman–Crippen LogP) is 3.01. The second kappa shape index (κ2) is 5.24. The first-order valence-corrected chi connectivity index (χ1v) is 6.07. The summed E-state index contributed by atoms with van der Waals surface area (Å²) in [5.74, 6) is -1.52. The summed E-state index contributed by atoms with van der Waals surface area (Å²) < 4.78 is 15.5. The molecule has 0 saturated carbocycles. The first-order valence-electron chi connectivity index (χ1n) is 5.28. The number of carboxylic acid groups (broad SMARTS) is 1. The maximum atomic E-state index is 13.3. The first-order chi connectivity index (χ1) is 8.99. The number of nitriles is 1. The number of carbonyl (C=O) groups is 1. The van der Waals surface area contributed by atoms with Crippen LogP contribution >= 0.6 is 15.9 Å². The number of hydrogen-bond acceptors (Lipinski definition) is 2. The van der Waals surface area contributed by atoms with Crippen molar-refractivity contribution >= 4 is 21.9 Å². The average molecular weight is 323 g/mol. The quantitative estimate of drug-likeness (QED) is 0.944. The van der Waals surface area contributed by atoms with E-state index in [9.17, 15) is 9.18 Å². The Morgan fingerprint density at radius 3 is 2.74 bits per heavy atom. The molecule has 0 bridgehead atoms. The van der Waals surface area contributed by atoms with Gasteiger partial charge in [-0.05, 0) is 45.8 Å². The number of carboxylic acids is 1. The fourth-order valence-corrected chi connectivity index (χ4v) is 2.19. The van der Waals surface area contributed by atoms with E-state index in [1.807, 2.05) is 6.07 Å². The zero-order valence-electron chi connectivity index (χ0n) is 9.60. The highest BCUT2D eigenvalue weighted by Gasteiger charge is 2.10. The van der Waals surface area contributed by atoms with Gasteiger partial charge in [0.25, 0.3) is 0 Å². The van der Waals surface area contributed by atoms with Crippen molar-refractivity contribution in [2.75, 3.05) is 0 Å². The average Bonchev–Trinajstić information content (AvgIpc) is 2.70. The van der Waals surface area contributed by atoms with Crippen LogP contribution in [0.4, 0.5) is 4.39 Å². The van der Waals surface area contributed by atoms with Gasteiger partial charge < -0.3 is 9.67 Å². The molecule has 4 nitrogen and oxygen atoms in total. The minimum Gasteiger partial charge on any atom is -0.478 e. The summed E-state index contributed by atoms with van der Waals surface area (Å²) in [5.41, 5.74) is 0.963. The maximum Gasteiger partial charge on any atom is 0.337 e. The molecule has 1 aromatic heterocycles. The monoisotopic (exact) mass is 322 g/mol. The standard InChI is InChI=1S/C13H8BrFN2O2/c14-12-4-10(13(18)19)7-17(12)6-9-1-8(5-16)2-11(15)3-9/h1-4,7H,6H2,(H,18,19). The summed E-state index contributed by atoms with van der Waals surface area (Å²) in [6.07, 6.45) is 1.45. The van der Waals surface area contributed by atoms with Gasteiger partial charge in [0.1, 0.15) is 5.82 Å². The lowest BCUT2D eigenvalue weighted by atomic mass is 10.1. The molecule has 0 amide bonds. The van der Waals surface area contributed by atoms with Crippen LogP contribution in [-0.4, -0.2) is 15.6 Å². The molecule has 1 N–H and O–H groups in total. The van der Waals surface area contributed by atoms with Crippen LogP contribution in [0.2, 0.25) is 0 Å². The van der Waals surface area contributed by atoms with Gasteiger partial charge >= 0.3 is 5.97 Å². The van der Waals surface area contributed by atoms with E-state index in [1.54, 1.807) is 10.6 Å². The fraction of sp³-hybridized carbons (Fsp3) is 0.0769. The molecule has 1 aromatic carbocycles. The van der Waals surface area contributed by atoms with E-state index in [2.05, 4.69) is 15.9 Å². The van der Waals surface area contributed by atoms with Gasteiger partial charge in [-0.15, -0.1) is 0 Å². The molecular weight excluding hydrogens is 315 g/mol. The lowest BCUT2D eigenvalue weighted by molar-refractivity contribution is 0.0697. The van der Waals surface area contributed by atoms with Gasteiger partial charge in [-0.1, -0.05) is 0 Å². The first kappa shape index (κ1) is 13.3. The minimum atomic E-state index is -1.03. The van der Waals surface area contributed by atoms with Gasteiger partial charge in [-0.2, -0.15) is 5.26 Å². The third kappa shape index (κ3) is 3.01. The van der Waals surface area contributed by atoms with E-state index in [0.717, 1.165) is 6.07 Å². The summed E-state index contributed by atoms with van der Waals surface area (Å²) in [4.78, 5) is 10.8. The molecule has 1 heterocycles. The number of benzene rings is 1. The van der Waals surface area contributed by atoms with Gasteiger partial charge in [-0.25, -0.2) is 9.18 Å². The molecule has 0 aliphatic heterocycles. The highest BCUT2D eigenvalue weighted by molar-refractivity contribution is 9.10. The molecule has 6 heteroatoms. The number of aromatic nitrogens is 1. The molecule has 0 fully saturated rings. The van der Waals surface area contributed by atoms with Crippen LogP contribution < -0.4 is 0 Å². The van der Waals surface area contributed by atoms with Crippen molar-refractivity contribution in [1.82, 2.24) is 4.57 Å². The number of aromatic carboxylic acids is 1. The van der Waals surface area contributed by atoms with Crippen molar-refractivity contribution in [2.45, 2.75) is 6.54 Å². The Balaban J connectivity index is 2.33. The molecule has 0 aliphatic carbocycles. The Hall–Kier alpha value is -2.13. The molecule has 0 aliphatic rings. The third-order valence-corrected chi connectivity index (χ3v) is 3.21. The second-order valence-corrected chi connectivity index (χ2v) is 4.76. The summed E-state index contributed by atoms with van der Waals surface area (Å²) in [5, 5.41) is 17.7. The summed E-state index contributed by atoms with van der Waals surface area (Å²) >= 11 is 3.24. The van der Waals surface area contributed by atoms with Crippen LogP contribution in [0.3, 0.4) is 0 Å². The van der Waals surface area contributed by atoms with Gasteiger partial charge in [0.2, 0.25) is 0 Å². The fourth-order valence-electron chi connectivity index (χ4n) is 1.72. The number of halogens is 2. The van der Waals surface area contributed by atoms with Crippen molar-refractivity contribution in [3.05, 3.63) is 57.6 Å². The highest BCUT2D eigenvalue weighted by atomic mass is 79.9. The van der Waals surface area contributed by atoms with Crippen molar-refractivity contribution in [3.63, 3.8) is 0 Å². The largest absolute Gasteiger partial charge is 0.478 e. The number of rotatable bonds is 3. The second-order valence-electron chi connectivity index (χ2n) is 3.94.